The van der Waals surface area contributed by atoms with Crippen LogP contribution in [0, 0.1) is 0 Å². The first kappa shape index (κ1) is 16.8. The van der Waals surface area contributed by atoms with Crippen LogP contribution in [0.2, 0.25) is 0 Å². The summed E-state index contributed by atoms with van der Waals surface area (Å²) in [5, 5.41) is 5.67. The lowest BCUT2D eigenvalue weighted by Gasteiger charge is -2.22. The maximum Gasteiger partial charge on any atom is 0.251 e. The second-order valence-electron chi connectivity index (χ2n) is 6.62. The molecule has 1 aliphatic heterocycles. The number of carbonyl (C=O) groups is 2. The molecular formula is C18H21N3O2S2. The van der Waals surface area contributed by atoms with Crippen molar-refractivity contribution < 1.29 is 9.59 Å². The van der Waals surface area contributed by atoms with E-state index in [1.165, 1.54) is 21.1 Å². The van der Waals surface area contributed by atoms with Gasteiger partial charge in [0.05, 0.1) is 12.1 Å². The van der Waals surface area contributed by atoms with Gasteiger partial charge in [0, 0.05) is 15.8 Å². The summed E-state index contributed by atoms with van der Waals surface area (Å²) >= 11 is 3.26. The lowest BCUT2D eigenvalue weighted by molar-refractivity contribution is -0.117. The number of hydrogen-bond acceptors (Lipinski definition) is 5. The van der Waals surface area contributed by atoms with Crippen molar-refractivity contribution >= 4 is 39.5 Å². The summed E-state index contributed by atoms with van der Waals surface area (Å²) in [4.78, 5) is 29.2. The minimum Gasteiger partial charge on any atom is -0.365 e. The van der Waals surface area contributed by atoms with E-state index in [-0.39, 0.29) is 5.91 Å². The van der Waals surface area contributed by atoms with Crippen LogP contribution in [-0.4, -0.2) is 29.8 Å². The maximum atomic E-state index is 12.6. The number of fused-ring (bicyclic) bond motifs is 1. The molecule has 5 nitrogen and oxygen atoms in total. The van der Waals surface area contributed by atoms with Crippen LogP contribution in [0.15, 0.2) is 17.5 Å². The van der Waals surface area contributed by atoms with Gasteiger partial charge in [-0.15, -0.1) is 22.7 Å². The normalized spacial score (nSPS) is 19.9. The van der Waals surface area contributed by atoms with Gasteiger partial charge in [-0.2, -0.15) is 0 Å². The Kier molecular flexibility index (Phi) is 4.62. The number of hydrogen-bond donors (Lipinski definition) is 2. The molecule has 0 aromatic carbocycles. The molecule has 2 aliphatic rings. The average molecular weight is 376 g/mol. The van der Waals surface area contributed by atoms with Crippen LogP contribution in [0.25, 0.3) is 0 Å². The maximum absolute atomic E-state index is 12.6. The summed E-state index contributed by atoms with van der Waals surface area (Å²) in [7, 11) is 0. The van der Waals surface area contributed by atoms with Crippen molar-refractivity contribution in [3.8, 4) is 0 Å². The Hall–Kier alpha value is -1.70. The number of primary amides is 1. The van der Waals surface area contributed by atoms with E-state index in [4.69, 9.17) is 5.73 Å². The molecular weight excluding hydrogens is 354 g/mol. The number of aryl methyl sites for hydroxylation is 1. The number of nitrogens with one attached hydrogen (secondary N) is 1. The molecule has 0 spiro atoms. The number of thiophene rings is 2. The molecule has 1 aliphatic carbocycles. The third kappa shape index (κ3) is 3.23. The Morgan fingerprint density at radius 1 is 1.32 bits per heavy atom. The second kappa shape index (κ2) is 6.90. The fourth-order valence-electron chi connectivity index (χ4n) is 3.92. The molecule has 4 rings (SSSR count). The van der Waals surface area contributed by atoms with Crippen LogP contribution in [0.3, 0.4) is 0 Å². The summed E-state index contributed by atoms with van der Waals surface area (Å²) in [6.07, 6.45) is 5.12. The molecule has 1 saturated heterocycles. The van der Waals surface area contributed by atoms with E-state index in [2.05, 4.69) is 27.7 Å². The van der Waals surface area contributed by atoms with Gasteiger partial charge in [0.2, 0.25) is 5.91 Å². The summed E-state index contributed by atoms with van der Waals surface area (Å²) in [6.45, 7) is 1.28. The molecule has 132 valence electrons. The van der Waals surface area contributed by atoms with E-state index < -0.39 is 5.91 Å². The molecule has 3 N–H and O–H groups in total. The highest BCUT2D eigenvalue weighted by atomic mass is 32.1. The smallest absolute Gasteiger partial charge is 0.251 e. The molecule has 1 atom stereocenters. The molecule has 1 fully saturated rings. The van der Waals surface area contributed by atoms with Crippen molar-refractivity contribution in [1.82, 2.24) is 4.90 Å². The standard InChI is InChI=1S/C18H21N3O2S2/c19-17(23)16-11-4-1-6-13(11)25-18(16)20-15(22)10-21-8-2-5-12(21)14-7-3-9-24-14/h3,7,9,12H,1-2,4-6,8,10H2,(H2,19,23)(H,20,22)/t12-/m0/s1. The molecule has 3 heterocycles. The molecule has 0 bridgehead atoms. The van der Waals surface area contributed by atoms with Crippen LogP contribution >= 0.6 is 22.7 Å². The van der Waals surface area contributed by atoms with Gasteiger partial charge in [0.15, 0.2) is 0 Å². The van der Waals surface area contributed by atoms with Gasteiger partial charge in [-0.25, -0.2) is 0 Å². The van der Waals surface area contributed by atoms with Crippen LogP contribution in [-0.2, 0) is 17.6 Å². The lowest BCUT2D eigenvalue weighted by Crippen LogP contribution is -2.33. The topological polar surface area (TPSA) is 75.4 Å². The number of likely N-dealkylation sites (tertiary alicyclic amines) is 1. The van der Waals surface area contributed by atoms with E-state index in [0.29, 0.717) is 23.2 Å². The van der Waals surface area contributed by atoms with E-state index >= 15 is 0 Å². The van der Waals surface area contributed by atoms with Gasteiger partial charge in [-0.05, 0) is 55.7 Å². The van der Waals surface area contributed by atoms with E-state index in [9.17, 15) is 9.59 Å². The Labute approximate surface area is 154 Å². The average Bonchev–Trinajstić information content (AvgIpc) is 3.30. The summed E-state index contributed by atoms with van der Waals surface area (Å²) in [5.41, 5.74) is 7.14. The fourth-order valence-corrected chi connectivity index (χ4v) is 6.13. The molecule has 2 aromatic rings. The van der Waals surface area contributed by atoms with Crippen molar-refractivity contribution in [1.29, 1.82) is 0 Å². The van der Waals surface area contributed by atoms with Gasteiger partial charge < -0.3 is 11.1 Å². The highest BCUT2D eigenvalue weighted by molar-refractivity contribution is 7.17. The van der Waals surface area contributed by atoms with Crippen molar-refractivity contribution in [3.63, 3.8) is 0 Å². The van der Waals surface area contributed by atoms with Gasteiger partial charge in [-0.1, -0.05) is 6.07 Å². The summed E-state index contributed by atoms with van der Waals surface area (Å²) < 4.78 is 0. The number of anilines is 1. The molecule has 2 aromatic heterocycles. The number of rotatable bonds is 5. The van der Waals surface area contributed by atoms with E-state index in [1.807, 2.05) is 0 Å². The van der Waals surface area contributed by atoms with Gasteiger partial charge in [0.25, 0.3) is 5.91 Å². The fraction of sp³-hybridized carbons (Fsp3) is 0.444. The minimum absolute atomic E-state index is 0.0640. The molecule has 0 saturated carbocycles. The molecule has 2 amide bonds. The molecule has 25 heavy (non-hydrogen) atoms. The minimum atomic E-state index is -0.438. The number of amides is 2. The quantitative estimate of drug-likeness (QED) is 0.843. The molecule has 7 heteroatoms. The first-order valence-corrected chi connectivity index (χ1v) is 10.3. The Morgan fingerprint density at radius 3 is 2.96 bits per heavy atom. The van der Waals surface area contributed by atoms with Crippen LogP contribution in [0.5, 0.6) is 0 Å². The second-order valence-corrected chi connectivity index (χ2v) is 8.70. The van der Waals surface area contributed by atoms with Crippen molar-refractivity contribution in [3.05, 3.63) is 38.4 Å². The van der Waals surface area contributed by atoms with Crippen LogP contribution in [0.1, 0.15) is 51.0 Å². The highest BCUT2D eigenvalue weighted by Gasteiger charge is 2.30. The third-order valence-electron chi connectivity index (χ3n) is 5.00. The third-order valence-corrected chi connectivity index (χ3v) is 7.18. The largest absolute Gasteiger partial charge is 0.365 e. The first-order valence-electron chi connectivity index (χ1n) is 8.65. The summed E-state index contributed by atoms with van der Waals surface area (Å²) in [6, 6.07) is 4.53. The number of nitrogens with two attached hydrogens (primary N) is 1. The van der Waals surface area contributed by atoms with Crippen molar-refractivity contribution in [2.45, 2.75) is 38.1 Å². The van der Waals surface area contributed by atoms with Crippen LogP contribution in [0.4, 0.5) is 5.00 Å². The predicted octanol–water partition coefficient (Wildman–Crippen LogP) is 3.17. The number of carbonyl (C=O) groups excluding carboxylic acids is 2. The Balaban J connectivity index is 1.47. The van der Waals surface area contributed by atoms with Crippen molar-refractivity contribution in [2.75, 3.05) is 18.4 Å². The van der Waals surface area contributed by atoms with Gasteiger partial charge in [-0.3, -0.25) is 14.5 Å². The van der Waals surface area contributed by atoms with E-state index in [1.54, 1.807) is 11.3 Å². The highest BCUT2D eigenvalue weighted by Crippen LogP contribution is 2.39. The van der Waals surface area contributed by atoms with E-state index in [0.717, 1.165) is 44.2 Å². The molecule has 0 unspecified atom stereocenters. The predicted molar refractivity (Wildman–Crippen MR) is 101 cm³/mol. The monoisotopic (exact) mass is 375 g/mol. The van der Waals surface area contributed by atoms with Gasteiger partial charge in [0.1, 0.15) is 5.00 Å². The molecule has 0 radical (unpaired) electrons. The zero-order chi connectivity index (χ0) is 17.4. The summed E-state index contributed by atoms with van der Waals surface area (Å²) in [5.74, 6) is -0.502. The zero-order valence-electron chi connectivity index (χ0n) is 13.9. The Morgan fingerprint density at radius 2 is 2.20 bits per heavy atom. The Bertz CT molecular complexity index is 798. The lowest BCUT2D eigenvalue weighted by atomic mass is 10.1. The van der Waals surface area contributed by atoms with Crippen molar-refractivity contribution in [2.24, 2.45) is 5.73 Å². The van der Waals surface area contributed by atoms with Crippen LogP contribution < -0.4 is 11.1 Å². The zero-order valence-corrected chi connectivity index (χ0v) is 15.5. The number of nitrogens with zero attached hydrogens (tertiary/aromatic N) is 1. The SMILES string of the molecule is NC(=O)c1c(NC(=O)CN2CCC[C@H]2c2cccs2)sc2c1CCC2. The first-order chi connectivity index (χ1) is 12.1. The van der Waals surface area contributed by atoms with Gasteiger partial charge >= 0.3 is 0 Å².